The molecule has 0 radical (unpaired) electrons. The summed E-state index contributed by atoms with van der Waals surface area (Å²) in [6.45, 7) is 6.78. The van der Waals surface area contributed by atoms with Gasteiger partial charge in [0.1, 0.15) is 5.76 Å². The van der Waals surface area contributed by atoms with E-state index in [2.05, 4.69) is 17.6 Å². The maximum atomic E-state index is 5.30. The van der Waals surface area contributed by atoms with Gasteiger partial charge < -0.3 is 15.1 Å². The highest BCUT2D eigenvalue weighted by Crippen LogP contribution is 2.23. The van der Waals surface area contributed by atoms with Crippen LogP contribution >= 0.6 is 0 Å². The molecule has 3 heteroatoms. The summed E-state index contributed by atoms with van der Waals surface area (Å²) in [6, 6.07) is 3.98. The Balaban J connectivity index is 1.63. The summed E-state index contributed by atoms with van der Waals surface area (Å²) in [5.74, 6) is 1.07. The standard InChI is InChI=1S/C13H22N2O/c1-13(6-3-7-14-10-13)11-15-8-5-12-4-2-9-16-12/h2,4,9,14-15H,3,5-8,10-11H2,1H3. The smallest absolute Gasteiger partial charge is 0.105 e. The van der Waals surface area contributed by atoms with Gasteiger partial charge in [-0.1, -0.05) is 6.92 Å². The second kappa shape index (κ2) is 5.51. The zero-order valence-corrected chi connectivity index (χ0v) is 10.1. The molecule has 2 N–H and O–H groups in total. The fraction of sp³-hybridized carbons (Fsp3) is 0.692. The molecular formula is C13H22N2O. The van der Waals surface area contributed by atoms with Gasteiger partial charge in [-0.25, -0.2) is 0 Å². The molecule has 0 aliphatic carbocycles. The normalized spacial score (nSPS) is 25.8. The van der Waals surface area contributed by atoms with Crippen LogP contribution in [0.25, 0.3) is 0 Å². The molecule has 2 rings (SSSR count). The van der Waals surface area contributed by atoms with Crippen molar-refractivity contribution in [2.75, 3.05) is 26.2 Å². The third-order valence-electron chi connectivity index (χ3n) is 3.37. The second-order valence-corrected chi connectivity index (χ2v) is 5.10. The Kier molecular flexibility index (Phi) is 4.02. The van der Waals surface area contributed by atoms with Crippen LogP contribution in [0.4, 0.5) is 0 Å². The van der Waals surface area contributed by atoms with Gasteiger partial charge in [-0.2, -0.15) is 0 Å². The minimum atomic E-state index is 0.432. The number of nitrogens with one attached hydrogen (secondary N) is 2. The first-order valence-corrected chi connectivity index (χ1v) is 6.22. The summed E-state index contributed by atoms with van der Waals surface area (Å²) >= 11 is 0. The first kappa shape index (κ1) is 11.7. The molecule has 0 spiro atoms. The van der Waals surface area contributed by atoms with E-state index in [1.807, 2.05) is 12.1 Å². The highest BCUT2D eigenvalue weighted by molar-refractivity contribution is 4.98. The van der Waals surface area contributed by atoms with E-state index in [1.54, 1.807) is 6.26 Å². The Morgan fingerprint density at radius 2 is 2.50 bits per heavy atom. The van der Waals surface area contributed by atoms with Crippen LogP contribution in [0.5, 0.6) is 0 Å². The van der Waals surface area contributed by atoms with Crippen molar-refractivity contribution in [1.29, 1.82) is 0 Å². The monoisotopic (exact) mass is 222 g/mol. The molecule has 2 heterocycles. The van der Waals surface area contributed by atoms with E-state index in [0.717, 1.165) is 31.8 Å². The van der Waals surface area contributed by atoms with Crippen LogP contribution in [0.15, 0.2) is 22.8 Å². The summed E-state index contributed by atoms with van der Waals surface area (Å²) < 4.78 is 5.30. The molecule has 1 unspecified atom stereocenters. The van der Waals surface area contributed by atoms with Gasteiger partial charge in [-0.05, 0) is 36.9 Å². The van der Waals surface area contributed by atoms with E-state index >= 15 is 0 Å². The highest BCUT2D eigenvalue weighted by Gasteiger charge is 2.25. The Bertz CT molecular complexity index is 289. The molecule has 1 saturated heterocycles. The summed E-state index contributed by atoms with van der Waals surface area (Å²) in [7, 11) is 0. The molecule has 0 bridgehead atoms. The molecule has 1 fully saturated rings. The number of furan rings is 1. The van der Waals surface area contributed by atoms with E-state index in [4.69, 9.17) is 4.42 Å². The zero-order valence-electron chi connectivity index (χ0n) is 10.1. The van der Waals surface area contributed by atoms with Gasteiger partial charge in [0.25, 0.3) is 0 Å². The molecule has 16 heavy (non-hydrogen) atoms. The molecule has 0 amide bonds. The van der Waals surface area contributed by atoms with Crippen molar-refractivity contribution < 1.29 is 4.42 Å². The average molecular weight is 222 g/mol. The maximum absolute atomic E-state index is 5.30. The molecule has 0 aromatic carbocycles. The van der Waals surface area contributed by atoms with Crippen molar-refractivity contribution in [3.63, 3.8) is 0 Å². The van der Waals surface area contributed by atoms with Crippen LogP contribution in [0.1, 0.15) is 25.5 Å². The van der Waals surface area contributed by atoms with Gasteiger partial charge in [0, 0.05) is 26.1 Å². The van der Waals surface area contributed by atoms with Gasteiger partial charge in [-0.15, -0.1) is 0 Å². The molecule has 1 aliphatic heterocycles. The maximum Gasteiger partial charge on any atom is 0.105 e. The Labute approximate surface area is 97.6 Å². The van der Waals surface area contributed by atoms with Crippen LogP contribution in [-0.2, 0) is 6.42 Å². The Morgan fingerprint density at radius 1 is 1.56 bits per heavy atom. The molecule has 1 atom stereocenters. The Morgan fingerprint density at radius 3 is 3.19 bits per heavy atom. The SMILES string of the molecule is CC1(CNCCc2ccco2)CCCNC1. The predicted molar refractivity (Wildman–Crippen MR) is 65.5 cm³/mol. The lowest BCUT2D eigenvalue weighted by Crippen LogP contribution is -2.44. The number of rotatable bonds is 5. The van der Waals surface area contributed by atoms with Crippen LogP contribution in [0.3, 0.4) is 0 Å². The fourth-order valence-electron chi connectivity index (χ4n) is 2.33. The topological polar surface area (TPSA) is 37.2 Å². The third-order valence-corrected chi connectivity index (χ3v) is 3.37. The molecule has 1 aliphatic rings. The van der Waals surface area contributed by atoms with Gasteiger partial charge in [0.2, 0.25) is 0 Å². The summed E-state index contributed by atoms with van der Waals surface area (Å²) in [5.41, 5.74) is 0.432. The highest BCUT2D eigenvalue weighted by atomic mass is 16.3. The molecule has 1 aromatic heterocycles. The van der Waals surface area contributed by atoms with E-state index in [1.165, 1.54) is 19.4 Å². The lowest BCUT2D eigenvalue weighted by Gasteiger charge is -2.34. The number of piperidine rings is 1. The van der Waals surface area contributed by atoms with Crippen LogP contribution in [0.2, 0.25) is 0 Å². The van der Waals surface area contributed by atoms with Gasteiger partial charge in [0.05, 0.1) is 6.26 Å². The second-order valence-electron chi connectivity index (χ2n) is 5.10. The summed E-state index contributed by atoms with van der Waals surface area (Å²) in [6.07, 6.45) is 5.35. The summed E-state index contributed by atoms with van der Waals surface area (Å²) in [5, 5.41) is 7.01. The van der Waals surface area contributed by atoms with Crippen molar-refractivity contribution >= 4 is 0 Å². The molecule has 0 saturated carbocycles. The third kappa shape index (κ3) is 3.35. The van der Waals surface area contributed by atoms with Crippen LogP contribution < -0.4 is 10.6 Å². The van der Waals surface area contributed by atoms with E-state index in [-0.39, 0.29) is 0 Å². The van der Waals surface area contributed by atoms with E-state index in [0.29, 0.717) is 5.41 Å². The molecule has 1 aromatic rings. The predicted octanol–water partition coefficient (Wildman–Crippen LogP) is 1.80. The zero-order chi connectivity index (χ0) is 11.3. The minimum absolute atomic E-state index is 0.432. The van der Waals surface area contributed by atoms with E-state index < -0.39 is 0 Å². The van der Waals surface area contributed by atoms with Crippen LogP contribution in [0, 0.1) is 5.41 Å². The largest absolute Gasteiger partial charge is 0.469 e. The van der Waals surface area contributed by atoms with Gasteiger partial charge in [-0.3, -0.25) is 0 Å². The fourth-order valence-corrected chi connectivity index (χ4v) is 2.33. The van der Waals surface area contributed by atoms with Crippen molar-refractivity contribution in [2.45, 2.75) is 26.2 Å². The van der Waals surface area contributed by atoms with Gasteiger partial charge >= 0.3 is 0 Å². The first-order chi connectivity index (χ1) is 7.79. The minimum Gasteiger partial charge on any atom is -0.469 e. The summed E-state index contributed by atoms with van der Waals surface area (Å²) in [4.78, 5) is 0. The number of hydrogen-bond donors (Lipinski definition) is 2. The lowest BCUT2D eigenvalue weighted by molar-refractivity contribution is 0.227. The quantitative estimate of drug-likeness (QED) is 0.746. The van der Waals surface area contributed by atoms with Crippen molar-refractivity contribution in [2.24, 2.45) is 5.41 Å². The van der Waals surface area contributed by atoms with Crippen LogP contribution in [-0.4, -0.2) is 26.2 Å². The van der Waals surface area contributed by atoms with Crippen molar-refractivity contribution in [3.05, 3.63) is 24.2 Å². The molecule has 90 valence electrons. The Hall–Kier alpha value is -0.800. The first-order valence-electron chi connectivity index (χ1n) is 6.22. The average Bonchev–Trinajstić information content (AvgIpc) is 2.78. The number of hydrogen-bond acceptors (Lipinski definition) is 3. The van der Waals surface area contributed by atoms with Crippen molar-refractivity contribution in [3.8, 4) is 0 Å². The molecule has 3 nitrogen and oxygen atoms in total. The molecular weight excluding hydrogens is 200 g/mol. The van der Waals surface area contributed by atoms with Gasteiger partial charge in [0.15, 0.2) is 0 Å². The lowest BCUT2D eigenvalue weighted by atomic mass is 9.83. The van der Waals surface area contributed by atoms with E-state index in [9.17, 15) is 0 Å². The van der Waals surface area contributed by atoms with Crippen molar-refractivity contribution in [1.82, 2.24) is 10.6 Å².